The normalized spacial score (nSPS) is 39.4. The largest absolute Gasteiger partial charge is 0.497 e. The van der Waals surface area contributed by atoms with Gasteiger partial charge in [0.25, 0.3) is 0 Å². The van der Waals surface area contributed by atoms with Crippen LogP contribution in [-0.4, -0.2) is 29.5 Å². The maximum Gasteiger partial charge on any atom is 0.119 e. The third kappa shape index (κ3) is 2.54. The van der Waals surface area contributed by atoms with Gasteiger partial charge in [0.2, 0.25) is 0 Å². The van der Waals surface area contributed by atoms with Crippen LogP contribution in [0.3, 0.4) is 0 Å². The Bertz CT molecular complexity index is 642. The minimum Gasteiger partial charge on any atom is -0.497 e. The molecule has 0 aromatic heterocycles. The van der Waals surface area contributed by atoms with Crippen LogP contribution in [0.2, 0.25) is 0 Å². The van der Waals surface area contributed by atoms with Gasteiger partial charge in [0, 0.05) is 6.61 Å². The fourth-order valence-corrected chi connectivity index (χ4v) is 6.58. The van der Waals surface area contributed by atoms with E-state index in [1.807, 2.05) is 0 Å². The number of rotatable bonds is 4. The van der Waals surface area contributed by atoms with Gasteiger partial charge in [-0.25, -0.2) is 0 Å². The monoisotopic (exact) mass is 344 g/mol. The predicted octanol–water partition coefficient (Wildman–Crippen LogP) is 4.05. The SMILES string of the molecule is COc1ccc2c(c1)CC[C@@H]1[C@@H]2CC[C@@]2(C)[C@H]1CC[C@@]2(O)CCCO. The van der Waals surface area contributed by atoms with Gasteiger partial charge in [-0.05, 0) is 97.8 Å². The van der Waals surface area contributed by atoms with Crippen molar-refractivity contribution >= 4 is 0 Å². The molecule has 3 aliphatic rings. The van der Waals surface area contributed by atoms with E-state index in [2.05, 4.69) is 25.1 Å². The van der Waals surface area contributed by atoms with Gasteiger partial charge in [-0.2, -0.15) is 0 Å². The van der Waals surface area contributed by atoms with E-state index in [4.69, 9.17) is 4.74 Å². The van der Waals surface area contributed by atoms with Gasteiger partial charge < -0.3 is 14.9 Å². The van der Waals surface area contributed by atoms with Crippen LogP contribution in [0.4, 0.5) is 0 Å². The highest BCUT2D eigenvalue weighted by Crippen LogP contribution is 2.65. The van der Waals surface area contributed by atoms with Gasteiger partial charge >= 0.3 is 0 Å². The number of benzene rings is 1. The van der Waals surface area contributed by atoms with Crippen molar-refractivity contribution in [3.8, 4) is 5.75 Å². The second-order valence-corrected chi connectivity index (χ2v) is 8.83. The molecule has 0 spiro atoms. The second kappa shape index (κ2) is 6.28. The topological polar surface area (TPSA) is 49.7 Å². The first-order valence-corrected chi connectivity index (χ1v) is 10.0. The van der Waals surface area contributed by atoms with Crippen LogP contribution >= 0.6 is 0 Å². The first-order chi connectivity index (χ1) is 12.0. The summed E-state index contributed by atoms with van der Waals surface area (Å²) in [5.74, 6) is 2.93. The average molecular weight is 344 g/mol. The van der Waals surface area contributed by atoms with Crippen LogP contribution in [0.1, 0.15) is 68.9 Å². The third-order valence-corrected chi connectivity index (χ3v) is 8.00. The fraction of sp³-hybridized carbons (Fsp3) is 0.727. The molecular formula is C22H32O3. The third-order valence-electron chi connectivity index (χ3n) is 8.00. The molecule has 2 saturated carbocycles. The summed E-state index contributed by atoms with van der Waals surface area (Å²) < 4.78 is 5.41. The number of hydrogen-bond donors (Lipinski definition) is 2. The summed E-state index contributed by atoms with van der Waals surface area (Å²) in [4.78, 5) is 0. The molecule has 0 amide bonds. The van der Waals surface area contributed by atoms with E-state index in [0.29, 0.717) is 17.8 Å². The molecular weight excluding hydrogens is 312 g/mol. The molecule has 0 radical (unpaired) electrons. The Labute approximate surface area is 151 Å². The molecule has 138 valence electrons. The number of fused-ring (bicyclic) bond motifs is 5. The zero-order chi connectivity index (χ0) is 17.7. The zero-order valence-corrected chi connectivity index (χ0v) is 15.6. The molecule has 2 N–H and O–H groups in total. The standard InChI is InChI=1S/C22H32O3/c1-21-11-8-18-17-7-5-16(25-2)14-15(17)4-6-19(18)20(21)9-12-22(21,24)10-3-13-23/h5,7,14,18-20,23-24H,3-4,6,8-13H2,1-2H3/t18-,19-,20+,21+,22+/m1/s1. The van der Waals surface area contributed by atoms with Crippen molar-refractivity contribution in [3.05, 3.63) is 29.3 Å². The van der Waals surface area contributed by atoms with Crippen molar-refractivity contribution in [2.24, 2.45) is 17.3 Å². The fourth-order valence-electron chi connectivity index (χ4n) is 6.58. The Balaban J connectivity index is 1.62. The van der Waals surface area contributed by atoms with Crippen LogP contribution in [-0.2, 0) is 6.42 Å². The lowest BCUT2D eigenvalue weighted by Crippen LogP contribution is -2.50. The Hall–Kier alpha value is -1.06. The van der Waals surface area contributed by atoms with Crippen LogP contribution in [0.25, 0.3) is 0 Å². The van der Waals surface area contributed by atoms with E-state index in [-0.39, 0.29) is 12.0 Å². The Morgan fingerprint density at radius 3 is 2.80 bits per heavy atom. The van der Waals surface area contributed by atoms with Crippen molar-refractivity contribution in [1.82, 2.24) is 0 Å². The Kier molecular flexibility index (Phi) is 4.36. The molecule has 3 aliphatic carbocycles. The molecule has 0 aliphatic heterocycles. The summed E-state index contributed by atoms with van der Waals surface area (Å²) in [6.07, 6.45) is 8.18. The highest BCUT2D eigenvalue weighted by Gasteiger charge is 2.60. The minimum atomic E-state index is -0.578. The predicted molar refractivity (Wildman–Crippen MR) is 98.9 cm³/mol. The van der Waals surface area contributed by atoms with Gasteiger partial charge in [-0.15, -0.1) is 0 Å². The number of ether oxygens (including phenoxy) is 1. The van der Waals surface area contributed by atoms with E-state index in [0.717, 1.165) is 44.3 Å². The van der Waals surface area contributed by atoms with E-state index >= 15 is 0 Å². The summed E-state index contributed by atoms with van der Waals surface area (Å²) >= 11 is 0. The lowest BCUT2D eigenvalue weighted by molar-refractivity contribution is -0.109. The molecule has 25 heavy (non-hydrogen) atoms. The van der Waals surface area contributed by atoms with Crippen molar-refractivity contribution < 1.29 is 14.9 Å². The van der Waals surface area contributed by atoms with Crippen molar-refractivity contribution in [2.45, 2.75) is 69.8 Å². The van der Waals surface area contributed by atoms with E-state index in [1.54, 1.807) is 7.11 Å². The summed E-state index contributed by atoms with van der Waals surface area (Å²) in [7, 11) is 1.74. The van der Waals surface area contributed by atoms with Crippen molar-refractivity contribution in [3.63, 3.8) is 0 Å². The summed E-state index contributed by atoms with van der Waals surface area (Å²) in [5.41, 5.74) is 2.45. The molecule has 0 saturated heterocycles. The lowest BCUT2D eigenvalue weighted by Gasteiger charge is -2.53. The lowest BCUT2D eigenvalue weighted by atomic mass is 9.53. The van der Waals surface area contributed by atoms with Crippen molar-refractivity contribution in [2.75, 3.05) is 13.7 Å². The molecule has 3 heteroatoms. The van der Waals surface area contributed by atoms with E-state index in [9.17, 15) is 10.2 Å². The van der Waals surface area contributed by atoms with E-state index in [1.165, 1.54) is 24.0 Å². The van der Waals surface area contributed by atoms with Gasteiger partial charge in [-0.1, -0.05) is 13.0 Å². The molecule has 3 nitrogen and oxygen atoms in total. The highest BCUT2D eigenvalue weighted by molar-refractivity contribution is 5.40. The van der Waals surface area contributed by atoms with Gasteiger partial charge in [-0.3, -0.25) is 0 Å². The molecule has 0 bridgehead atoms. The van der Waals surface area contributed by atoms with Crippen LogP contribution < -0.4 is 4.74 Å². The minimum absolute atomic E-state index is 0.0211. The first kappa shape index (κ1) is 17.4. The second-order valence-electron chi connectivity index (χ2n) is 8.83. The summed E-state index contributed by atoms with van der Waals surface area (Å²) in [6, 6.07) is 6.63. The maximum absolute atomic E-state index is 11.4. The molecule has 0 unspecified atom stereocenters. The average Bonchev–Trinajstić information content (AvgIpc) is 2.91. The van der Waals surface area contributed by atoms with Gasteiger partial charge in [0.15, 0.2) is 0 Å². The number of hydrogen-bond acceptors (Lipinski definition) is 3. The molecule has 5 atom stereocenters. The number of aliphatic hydroxyl groups is 2. The number of methoxy groups -OCH3 is 1. The smallest absolute Gasteiger partial charge is 0.119 e. The van der Waals surface area contributed by atoms with Crippen LogP contribution in [0, 0.1) is 17.3 Å². The summed E-state index contributed by atoms with van der Waals surface area (Å²) in [5, 5.41) is 20.6. The summed E-state index contributed by atoms with van der Waals surface area (Å²) in [6.45, 7) is 2.52. The Morgan fingerprint density at radius 2 is 2.04 bits per heavy atom. The van der Waals surface area contributed by atoms with Crippen molar-refractivity contribution in [1.29, 1.82) is 0 Å². The van der Waals surface area contributed by atoms with Crippen LogP contribution in [0.5, 0.6) is 5.75 Å². The Morgan fingerprint density at radius 1 is 1.20 bits per heavy atom. The van der Waals surface area contributed by atoms with Gasteiger partial charge in [0.05, 0.1) is 12.7 Å². The maximum atomic E-state index is 11.4. The first-order valence-electron chi connectivity index (χ1n) is 10.0. The molecule has 1 aromatic carbocycles. The highest BCUT2D eigenvalue weighted by atomic mass is 16.5. The number of aliphatic hydroxyl groups excluding tert-OH is 1. The molecule has 1 aromatic rings. The molecule has 4 rings (SSSR count). The zero-order valence-electron chi connectivity index (χ0n) is 15.6. The van der Waals surface area contributed by atoms with Crippen LogP contribution in [0.15, 0.2) is 18.2 Å². The van der Waals surface area contributed by atoms with E-state index < -0.39 is 5.60 Å². The van der Waals surface area contributed by atoms with Gasteiger partial charge in [0.1, 0.15) is 5.75 Å². The molecule has 2 fully saturated rings. The molecule has 0 heterocycles. The number of aryl methyl sites for hydroxylation is 1. The quantitative estimate of drug-likeness (QED) is 0.866.